The third-order valence-corrected chi connectivity index (χ3v) is 12.8. The van der Waals surface area contributed by atoms with Crippen LogP contribution in [0.1, 0.15) is 79.1 Å². The summed E-state index contributed by atoms with van der Waals surface area (Å²) in [5, 5.41) is 33.1. The third kappa shape index (κ3) is 12.1. The van der Waals surface area contributed by atoms with Gasteiger partial charge in [-0.05, 0) is 64.5 Å². The number of azide groups is 3. The zero-order chi connectivity index (χ0) is 54.8. The summed E-state index contributed by atoms with van der Waals surface area (Å²) in [6.45, 7) is -0.180. The quantitative estimate of drug-likeness (QED) is 0.0261. The Kier molecular flexibility index (Phi) is 17.5. The second-order valence-corrected chi connectivity index (χ2v) is 18.0. The number of carbonyl (C=O) groups is 4. The summed E-state index contributed by atoms with van der Waals surface area (Å²) in [7, 11) is -5.38. The van der Waals surface area contributed by atoms with Gasteiger partial charge in [-0.15, -0.1) is 0 Å². The molecule has 31 heteroatoms. The number of anilines is 1. The molecule has 2 aliphatic rings. The molecule has 2 aromatic heterocycles. The molecule has 2 aliphatic heterocycles. The molecule has 4 heterocycles. The van der Waals surface area contributed by atoms with Crippen LogP contribution in [0.2, 0.25) is 0 Å². The topological polar surface area (TPSA) is 421 Å². The van der Waals surface area contributed by atoms with Crippen molar-refractivity contribution in [3.05, 3.63) is 193 Å². The number of amides is 2. The van der Waals surface area contributed by atoms with E-state index >= 15 is 0 Å². The van der Waals surface area contributed by atoms with Crippen LogP contribution in [0, 0.1) is 6.92 Å². The molecule has 3 N–H and O–H groups in total. The van der Waals surface area contributed by atoms with Gasteiger partial charge in [0.05, 0.1) is 32.3 Å². The van der Waals surface area contributed by atoms with Gasteiger partial charge in [0.1, 0.15) is 43.1 Å². The van der Waals surface area contributed by atoms with Crippen LogP contribution in [-0.2, 0) is 52.3 Å². The standard InChI is InChI=1S/C45H43N14O16P/c1-24-21-57(45(68)59(39(24)63)42(66)31-14-8-5-11-28(31)20-51-55-48)36-17-32(61)33(73-36)23-72-76(69,70)75-38-34(22-71-25(2)60)74-43(37(38)62)56-16-15-35(52-44(56)67)58(40(64)29-12-6-3-9-26(29)18-49-53-46)41(65)30-13-7-4-10-27(30)19-50-54-47/h3-16,21,32-34,36-38,43,61-62H,17-20,22-23H2,1-2H3,(H,69,70)/t32-,33+,34+,36+,37+,38+,43+/m0/s1. The summed E-state index contributed by atoms with van der Waals surface area (Å²) in [5.41, 5.74) is 23.5. The SMILES string of the molecule is CC(=O)OC[C@H]1O[C@@H](n2ccc(N(C(=O)c3ccccc3CN=[N+]=[N-])C(=O)c3ccccc3CN=[N+]=[N-])nc2=O)[C@H](O)[C@@H]1OP(=O)(O)OC[C@H]1O[C@@H](n2cc(C)c(=O)n(C(=O)c3ccccc3CN=[N+]=[N-])c2=O)C[C@@H]1O. The molecule has 3 aromatic carbocycles. The molecule has 0 radical (unpaired) electrons. The minimum absolute atomic E-state index is 0.0882. The number of nitrogens with zero attached hydrogens (tertiary/aromatic N) is 14. The number of phosphoric acid groups is 1. The number of ether oxygens (including phenoxy) is 3. The van der Waals surface area contributed by atoms with Gasteiger partial charge in [0.25, 0.3) is 23.3 Å². The summed E-state index contributed by atoms with van der Waals surface area (Å²) in [4.78, 5) is 119. The average Bonchev–Trinajstić information content (AvgIpc) is 3.93. The fourth-order valence-corrected chi connectivity index (χ4v) is 9.16. The summed E-state index contributed by atoms with van der Waals surface area (Å²) in [6.07, 6.45) is -10.0. The first-order chi connectivity index (χ1) is 36.4. The minimum atomic E-state index is -5.38. The van der Waals surface area contributed by atoms with Crippen LogP contribution in [0.15, 0.2) is 121 Å². The van der Waals surface area contributed by atoms with Crippen LogP contribution in [0.5, 0.6) is 0 Å². The molecule has 76 heavy (non-hydrogen) atoms. The van der Waals surface area contributed by atoms with Gasteiger partial charge in [-0.25, -0.2) is 19.1 Å². The second kappa shape index (κ2) is 24.2. The van der Waals surface area contributed by atoms with Crippen molar-refractivity contribution in [2.45, 2.75) is 82.9 Å². The number of rotatable bonds is 19. The maximum absolute atomic E-state index is 14.4. The number of imide groups is 1. The van der Waals surface area contributed by atoms with Gasteiger partial charge in [0, 0.05) is 62.7 Å². The number of benzene rings is 3. The Morgan fingerprint density at radius 1 is 0.789 bits per heavy atom. The van der Waals surface area contributed by atoms with E-state index in [2.05, 4.69) is 35.1 Å². The summed E-state index contributed by atoms with van der Waals surface area (Å²) in [6, 6.07) is 18.5. The number of esters is 1. The number of hydrogen-bond donors (Lipinski definition) is 3. The molecule has 1 unspecified atom stereocenters. The van der Waals surface area contributed by atoms with E-state index in [9.17, 15) is 53.2 Å². The van der Waals surface area contributed by atoms with Crippen molar-refractivity contribution >= 4 is 37.3 Å². The predicted molar refractivity (Wildman–Crippen MR) is 259 cm³/mol. The number of hydrogen-bond acceptors (Lipinski definition) is 19. The largest absolute Gasteiger partial charge is 0.472 e. The number of aromatic nitrogens is 4. The highest BCUT2D eigenvalue weighted by molar-refractivity contribution is 7.47. The molecular weight excluding hydrogens is 1020 g/mol. The molecule has 8 atom stereocenters. The van der Waals surface area contributed by atoms with E-state index in [0.717, 1.165) is 30.0 Å². The normalized spacial score (nSPS) is 20.5. The lowest BCUT2D eigenvalue weighted by atomic mass is 10.0. The van der Waals surface area contributed by atoms with Crippen molar-refractivity contribution in [1.82, 2.24) is 18.7 Å². The third-order valence-electron chi connectivity index (χ3n) is 11.8. The first kappa shape index (κ1) is 55.1. The van der Waals surface area contributed by atoms with Crippen LogP contribution in [0.4, 0.5) is 5.82 Å². The van der Waals surface area contributed by atoms with E-state index in [1.165, 1.54) is 61.5 Å². The fraction of sp³-hybridized carbons (Fsp3) is 0.333. The number of aliphatic hydroxyl groups is 2. The van der Waals surface area contributed by atoms with E-state index in [4.69, 9.17) is 39.9 Å². The number of phosphoric ester groups is 1. The van der Waals surface area contributed by atoms with Crippen LogP contribution in [0.3, 0.4) is 0 Å². The molecule has 7 rings (SSSR count). The molecule has 5 aromatic rings. The molecular formula is C45H43N14O16P. The monoisotopic (exact) mass is 1070 g/mol. The van der Waals surface area contributed by atoms with Crippen molar-refractivity contribution in [3.8, 4) is 0 Å². The second-order valence-electron chi connectivity index (χ2n) is 16.6. The molecule has 0 aliphatic carbocycles. The van der Waals surface area contributed by atoms with E-state index in [1.807, 2.05) is 0 Å². The number of aryl methyl sites for hydroxylation is 1. The average molecular weight is 1070 g/mol. The van der Waals surface area contributed by atoms with Gasteiger partial charge < -0.3 is 29.3 Å². The van der Waals surface area contributed by atoms with E-state index in [1.54, 1.807) is 18.2 Å². The highest BCUT2D eigenvalue weighted by atomic mass is 31.2. The summed E-state index contributed by atoms with van der Waals surface area (Å²) < 4.78 is 42.8. The van der Waals surface area contributed by atoms with E-state index in [-0.39, 0.29) is 65.0 Å². The molecule has 0 saturated carbocycles. The molecule has 0 spiro atoms. The van der Waals surface area contributed by atoms with Crippen LogP contribution in [-0.4, -0.2) is 101 Å². The summed E-state index contributed by atoms with van der Waals surface area (Å²) in [5.74, 6) is -4.52. The fourth-order valence-electron chi connectivity index (χ4n) is 8.19. The Morgan fingerprint density at radius 2 is 1.33 bits per heavy atom. The Bertz CT molecular complexity index is 3400. The molecule has 30 nitrogen and oxygen atoms in total. The zero-order valence-corrected chi connectivity index (χ0v) is 40.7. The van der Waals surface area contributed by atoms with E-state index in [0.29, 0.717) is 14.0 Å². The van der Waals surface area contributed by atoms with Gasteiger partial charge in [0.15, 0.2) is 6.23 Å². The Balaban J connectivity index is 1.12. The highest BCUT2D eigenvalue weighted by Gasteiger charge is 2.50. The number of carbonyl (C=O) groups excluding carboxylic acids is 4. The smallest absolute Gasteiger partial charge is 0.463 e. The Labute approximate surface area is 426 Å². The van der Waals surface area contributed by atoms with Gasteiger partial charge >= 0.3 is 25.2 Å². The maximum atomic E-state index is 14.4. The van der Waals surface area contributed by atoms with E-state index < -0.39 is 110 Å². The molecule has 0 bridgehead atoms. The van der Waals surface area contributed by atoms with Crippen molar-refractivity contribution in [3.63, 3.8) is 0 Å². The van der Waals surface area contributed by atoms with Gasteiger partial charge in [-0.3, -0.25) is 42.2 Å². The van der Waals surface area contributed by atoms with Gasteiger partial charge in [-0.1, -0.05) is 69.9 Å². The molecule has 2 saturated heterocycles. The lowest BCUT2D eigenvalue weighted by molar-refractivity contribution is -0.147. The lowest BCUT2D eigenvalue weighted by Gasteiger charge is -2.24. The zero-order valence-electron chi connectivity index (χ0n) is 39.8. The van der Waals surface area contributed by atoms with Gasteiger partial charge in [0.2, 0.25) is 0 Å². The van der Waals surface area contributed by atoms with Gasteiger partial charge in [-0.2, -0.15) is 9.55 Å². The predicted octanol–water partition coefficient (Wildman–Crippen LogP) is 4.15. The maximum Gasteiger partial charge on any atom is 0.472 e. The van der Waals surface area contributed by atoms with Crippen LogP contribution < -0.4 is 21.8 Å². The first-order valence-corrected chi connectivity index (χ1v) is 24.0. The molecule has 394 valence electrons. The van der Waals surface area contributed by atoms with Crippen LogP contribution in [0.25, 0.3) is 31.3 Å². The van der Waals surface area contributed by atoms with Crippen molar-refractivity contribution in [2.24, 2.45) is 15.3 Å². The lowest BCUT2D eigenvalue weighted by Crippen LogP contribution is -2.45. The minimum Gasteiger partial charge on any atom is -0.463 e. The van der Waals surface area contributed by atoms with Crippen molar-refractivity contribution in [1.29, 1.82) is 0 Å². The Morgan fingerprint density at radius 3 is 1.87 bits per heavy atom. The van der Waals surface area contributed by atoms with Crippen molar-refractivity contribution in [2.75, 3.05) is 18.1 Å². The first-order valence-electron chi connectivity index (χ1n) is 22.5. The van der Waals surface area contributed by atoms with Crippen molar-refractivity contribution < 1.29 is 62.1 Å². The molecule has 2 amide bonds. The molecule has 2 fully saturated rings. The summed E-state index contributed by atoms with van der Waals surface area (Å²) >= 11 is 0. The van der Waals surface area contributed by atoms with Crippen LogP contribution >= 0.6 is 7.82 Å². The highest BCUT2D eigenvalue weighted by Crippen LogP contribution is 2.49. The number of aliphatic hydroxyl groups excluding tert-OH is 2. The Hall–Kier alpha value is -8.62.